The van der Waals surface area contributed by atoms with E-state index in [1.165, 1.54) is 21.9 Å². The Kier molecular flexibility index (Phi) is 6.11. The van der Waals surface area contributed by atoms with E-state index in [2.05, 4.69) is 177 Å². The molecule has 0 saturated carbocycles. The van der Waals surface area contributed by atoms with E-state index in [0.717, 1.165) is 67.3 Å². The van der Waals surface area contributed by atoms with E-state index in [1.54, 1.807) is 0 Å². The number of para-hydroxylation sites is 3. The van der Waals surface area contributed by atoms with Crippen LogP contribution in [-0.4, -0.2) is 23.1 Å². The van der Waals surface area contributed by atoms with E-state index >= 15 is 0 Å². The molecule has 4 aromatic heterocycles. The zero-order chi connectivity index (χ0) is 33.3. The number of hydrogen-bond acceptors (Lipinski definition) is 1. The maximum Gasteiger partial charge on any atom is 0.221 e. The Morgan fingerprint density at radius 2 is 1.00 bits per heavy atom. The molecule has 0 aliphatic rings. The summed E-state index contributed by atoms with van der Waals surface area (Å²) in [5, 5.41) is 3.47. The van der Waals surface area contributed by atoms with Crippen LogP contribution in [0.15, 0.2) is 165 Å². The lowest BCUT2D eigenvalue weighted by Gasteiger charge is -2.11. The normalized spacial score (nSPS) is 11.8. The fourth-order valence-corrected chi connectivity index (χ4v) is 7.78. The van der Waals surface area contributed by atoms with Crippen molar-refractivity contribution in [1.82, 2.24) is 23.1 Å². The molecule has 0 aliphatic carbocycles. The molecular weight excluding hydrogens is 611 g/mol. The first kappa shape index (κ1) is 28.2. The highest BCUT2D eigenvalue weighted by Crippen LogP contribution is 2.38. The van der Waals surface area contributed by atoms with Gasteiger partial charge in [-0.3, -0.25) is 13.5 Å². The fraction of sp³-hybridized carbons (Fsp3) is 0. The van der Waals surface area contributed by atoms with Gasteiger partial charge in [0.15, 0.2) is 5.65 Å². The van der Waals surface area contributed by atoms with Crippen LogP contribution in [0, 0.1) is 0 Å². The molecule has 10 rings (SSSR count). The Hall–Kier alpha value is -6.85. The number of aromatic nitrogens is 5. The van der Waals surface area contributed by atoms with Gasteiger partial charge in [0.25, 0.3) is 0 Å². The third-order valence-electron chi connectivity index (χ3n) is 9.94. The van der Waals surface area contributed by atoms with Crippen LogP contribution >= 0.6 is 0 Å². The number of nitrogens with zero attached hydrogens (tertiary/aromatic N) is 5. The molecule has 4 heterocycles. The van der Waals surface area contributed by atoms with Crippen molar-refractivity contribution in [3.8, 4) is 28.2 Å². The van der Waals surface area contributed by atoms with E-state index in [-0.39, 0.29) is 0 Å². The van der Waals surface area contributed by atoms with E-state index in [0.29, 0.717) is 0 Å². The molecule has 0 atom stereocenters. The average molecular weight is 642 g/mol. The van der Waals surface area contributed by atoms with Gasteiger partial charge in [0.2, 0.25) is 5.78 Å². The molecule has 0 saturated heterocycles. The molecule has 0 unspecified atom stereocenters. The molecule has 0 aliphatic heterocycles. The Labute approximate surface area is 288 Å². The topological polar surface area (TPSA) is 32.1 Å². The second kappa shape index (κ2) is 10.8. The zero-order valence-electron chi connectivity index (χ0n) is 27.2. The van der Waals surface area contributed by atoms with Gasteiger partial charge in [-0.2, -0.15) is 0 Å². The first-order chi connectivity index (χ1) is 24.7. The smallest absolute Gasteiger partial charge is 0.221 e. The van der Waals surface area contributed by atoms with E-state index < -0.39 is 0 Å². The first-order valence-corrected chi connectivity index (χ1v) is 16.8. The maximum atomic E-state index is 5.38. The van der Waals surface area contributed by atoms with Gasteiger partial charge in [0.05, 0.1) is 27.9 Å². The highest BCUT2D eigenvalue weighted by atomic mass is 15.3. The van der Waals surface area contributed by atoms with Crippen molar-refractivity contribution in [3.63, 3.8) is 0 Å². The van der Waals surface area contributed by atoms with Gasteiger partial charge >= 0.3 is 0 Å². The lowest BCUT2D eigenvalue weighted by molar-refractivity contribution is 1.06. The summed E-state index contributed by atoms with van der Waals surface area (Å²) in [5.41, 5.74) is 12.9. The number of hydrogen-bond donors (Lipinski definition) is 0. The highest BCUT2D eigenvalue weighted by molar-refractivity contribution is 6.10. The Balaban J connectivity index is 1.23. The lowest BCUT2D eigenvalue weighted by atomic mass is 10.1. The molecule has 0 fully saturated rings. The quantitative estimate of drug-likeness (QED) is 0.178. The van der Waals surface area contributed by atoms with Crippen LogP contribution in [0.5, 0.6) is 0 Å². The summed E-state index contributed by atoms with van der Waals surface area (Å²) in [6.07, 6.45) is 3.83. The molecular formula is C45H31N5. The molecule has 0 radical (unpaired) electrons. The van der Waals surface area contributed by atoms with Crippen LogP contribution in [0.4, 0.5) is 0 Å². The third-order valence-corrected chi connectivity index (χ3v) is 9.94. The van der Waals surface area contributed by atoms with Crippen LogP contribution in [0.1, 0.15) is 11.4 Å². The van der Waals surface area contributed by atoms with Crippen molar-refractivity contribution in [2.24, 2.45) is 0 Å². The Morgan fingerprint density at radius 1 is 0.440 bits per heavy atom. The predicted octanol–water partition coefficient (Wildman–Crippen LogP) is 11.3. The van der Waals surface area contributed by atoms with Crippen LogP contribution in [0.25, 0.3) is 90.0 Å². The minimum Gasteiger partial charge on any atom is -0.309 e. The molecule has 0 bridgehead atoms. The van der Waals surface area contributed by atoms with Crippen LogP contribution < -0.4 is 0 Å². The van der Waals surface area contributed by atoms with E-state index in [9.17, 15) is 0 Å². The summed E-state index contributed by atoms with van der Waals surface area (Å²) < 4.78 is 9.11. The number of imidazole rings is 2. The third kappa shape index (κ3) is 3.92. The SMILES string of the molecule is C=Cc1c(C=C)n2c(nc3c4ccccc4n(-c4ccccc4)c32)n1-c1ccc2c(c1)c1ccccc1n2-c1ccc(-c2ccccc2)cc1. The van der Waals surface area contributed by atoms with Crippen LogP contribution in [-0.2, 0) is 0 Å². The molecule has 0 N–H and O–H groups in total. The molecule has 0 amide bonds. The van der Waals surface area contributed by atoms with Gasteiger partial charge in [0, 0.05) is 33.2 Å². The van der Waals surface area contributed by atoms with E-state index in [1.807, 2.05) is 18.2 Å². The zero-order valence-corrected chi connectivity index (χ0v) is 27.2. The van der Waals surface area contributed by atoms with Gasteiger partial charge in [-0.25, -0.2) is 4.98 Å². The summed E-state index contributed by atoms with van der Waals surface area (Å²) in [4.78, 5) is 5.38. The molecule has 5 nitrogen and oxygen atoms in total. The van der Waals surface area contributed by atoms with Gasteiger partial charge < -0.3 is 4.57 Å². The summed E-state index contributed by atoms with van der Waals surface area (Å²) in [6, 6.07) is 53.7. The first-order valence-electron chi connectivity index (χ1n) is 16.8. The molecule has 5 heteroatoms. The number of benzene rings is 6. The van der Waals surface area contributed by atoms with Gasteiger partial charge in [-0.15, -0.1) is 0 Å². The van der Waals surface area contributed by atoms with Crippen molar-refractivity contribution in [2.45, 2.75) is 0 Å². The minimum absolute atomic E-state index is 0.815. The molecule has 0 spiro atoms. The van der Waals surface area contributed by atoms with Gasteiger partial charge in [-0.1, -0.05) is 110 Å². The maximum absolute atomic E-state index is 5.38. The van der Waals surface area contributed by atoms with Crippen LogP contribution in [0.3, 0.4) is 0 Å². The Morgan fingerprint density at radius 3 is 1.72 bits per heavy atom. The van der Waals surface area contributed by atoms with Crippen molar-refractivity contribution in [1.29, 1.82) is 0 Å². The summed E-state index contributed by atoms with van der Waals surface area (Å²) in [6.45, 7) is 8.54. The molecule has 6 aromatic carbocycles. The number of fused-ring (bicyclic) bond motifs is 8. The fourth-order valence-electron chi connectivity index (χ4n) is 7.78. The van der Waals surface area contributed by atoms with Crippen molar-refractivity contribution >= 4 is 61.8 Å². The summed E-state index contributed by atoms with van der Waals surface area (Å²) >= 11 is 0. The summed E-state index contributed by atoms with van der Waals surface area (Å²) in [5.74, 6) is 0.815. The highest BCUT2D eigenvalue weighted by Gasteiger charge is 2.25. The monoisotopic (exact) mass is 641 g/mol. The average Bonchev–Trinajstić information content (AvgIpc) is 3.90. The van der Waals surface area contributed by atoms with Crippen molar-refractivity contribution < 1.29 is 0 Å². The predicted molar refractivity (Wildman–Crippen MR) is 209 cm³/mol. The summed E-state index contributed by atoms with van der Waals surface area (Å²) in [7, 11) is 0. The number of rotatable bonds is 6. The largest absolute Gasteiger partial charge is 0.309 e. The van der Waals surface area contributed by atoms with E-state index in [4.69, 9.17) is 4.98 Å². The van der Waals surface area contributed by atoms with Gasteiger partial charge in [0.1, 0.15) is 5.52 Å². The Bertz CT molecular complexity index is 2930. The van der Waals surface area contributed by atoms with Crippen LogP contribution in [0.2, 0.25) is 0 Å². The second-order valence-electron chi connectivity index (χ2n) is 12.6. The molecule has 50 heavy (non-hydrogen) atoms. The van der Waals surface area contributed by atoms with Crippen molar-refractivity contribution in [2.75, 3.05) is 0 Å². The van der Waals surface area contributed by atoms with Gasteiger partial charge in [-0.05, 0) is 77.9 Å². The molecule has 236 valence electrons. The lowest BCUT2D eigenvalue weighted by Crippen LogP contribution is -1.99. The standard InChI is InChI=1S/C45H31N5/c1-3-38-39(4-2)50-44-43(36-20-12-14-22-41(36)48(44)32-17-9-6-10-18-32)46-45(50)49(38)34-27-28-42-37(29-34)35-19-11-13-21-40(35)47(42)33-25-23-31(24-26-33)30-15-7-5-8-16-30/h3-29H,1-2H2. The second-order valence-corrected chi connectivity index (χ2v) is 12.6. The van der Waals surface area contributed by atoms with Crippen molar-refractivity contribution in [3.05, 3.63) is 176 Å². The minimum atomic E-state index is 0.815. The molecule has 10 aromatic rings.